The van der Waals surface area contributed by atoms with Gasteiger partial charge in [0.2, 0.25) is 0 Å². The zero-order valence-corrected chi connectivity index (χ0v) is 11.3. The Morgan fingerprint density at radius 2 is 1.95 bits per heavy atom. The second kappa shape index (κ2) is 6.14. The van der Waals surface area contributed by atoms with Crippen molar-refractivity contribution in [3.05, 3.63) is 39.9 Å². The highest BCUT2D eigenvalue weighted by Crippen LogP contribution is 2.19. The first-order valence-electron chi connectivity index (χ1n) is 6.01. The Kier molecular flexibility index (Phi) is 4.79. The number of nitrogens with zero attached hydrogens (tertiary/aromatic N) is 1. The van der Waals surface area contributed by atoms with Gasteiger partial charge < -0.3 is 10.4 Å². The van der Waals surface area contributed by atoms with Crippen molar-refractivity contribution < 1.29 is 19.6 Å². The molecule has 0 spiro atoms. The molecule has 0 saturated heterocycles. The third-order valence-corrected chi connectivity index (χ3v) is 2.76. The van der Waals surface area contributed by atoms with E-state index in [9.17, 15) is 19.7 Å². The van der Waals surface area contributed by atoms with Gasteiger partial charge in [0.25, 0.3) is 11.6 Å². The topological polar surface area (TPSA) is 110 Å². The summed E-state index contributed by atoms with van der Waals surface area (Å²) in [4.78, 5) is 32.8. The molecule has 7 nitrogen and oxygen atoms in total. The van der Waals surface area contributed by atoms with Gasteiger partial charge in [-0.25, -0.2) is 0 Å². The zero-order valence-electron chi connectivity index (χ0n) is 11.3. The van der Waals surface area contributed by atoms with Gasteiger partial charge in [-0.15, -0.1) is 0 Å². The first-order valence-corrected chi connectivity index (χ1v) is 6.01. The molecule has 0 aliphatic heterocycles. The molecule has 0 bridgehead atoms. The van der Waals surface area contributed by atoms with Crippen LogP contribution < -0.4 is 5.32 Å². The van der Waals surface area contributed by atoms with Crippen LogP contribution in [0.2, 0.25) is 0 Å². The van der Waals surface area contributed by atoms with Crippen molar-refractivity contribution in [3.63, 3.8) is 0 Å². The lowest BCUT2D eigenvalue weighted by Crippen LogP contribution is -2.43. The fourth-order valence-corrected chi connectivity index (χ4v) is 1.68. The number of hydrogen-bond acceptors (Lipinski definition) is 4. The minimum absolute atomic E-state index is 0.0408. The average Bonchev–Trinajstić information content (AvgIpc) is 2.36. The van der Waals surface area contributed by atoms with E-state index in [0.717, 1.165) is 0 Å². The van der Waals surface area contributed by atoms with E-state index < -0.39 is 22.3 Å². The molecule has 1 rings (SSSR count). The predicted octanol–water partition coefficient (Wildman–Crippen LogP) is 1.97. The van der Waals surface area contributed by atoms with Crippen LogP contribution in [0.3, 0.4) is 0 Å². The number of carboxylic acid groups (broad SMARTS) is 1. The summed E-state index contributed by atoms with van der Waals surface area (Å²) >= 11 is 0. The number of nitro benzene ring substituents is 1. The Morgan fingerprint density at radius 3 is 2.50 bits per heavy atom. The molecule has 0 aromatic heterocycles. The number of carboxylic acids is 1. The van der Waals surface area contributed by atoms with Crippen molar-refractivity contribution >= 4 is 17.6 Å². The second-order valence-corrected chi connectivity index (χ2v) is 5.01. The number of carbonyl (C=O) groups is 2. The number of nitrogens with one attached hydrogen (secondary N) is 1. The molecular weight excluding hydrogens is 264 g/mol. The predicted molar refractivity (Wildman–Crippen MR) is 71.5 cm³/mol. The van der Waals surface area contributed by atoms with Gasteiger partial charge in [-0.3, -0.25) is 19.7 Å². The highest BCUT2D eigenvalue weighted by molar-refractivity contribution is 5.98. The monoisotopic (exact) mass is 280 g/mol. The molecule has 0 aliphatic rings. The fourth-order valence-electron chi connectivity index (χ4n) is 1.68. The molecule has 2 N–H and O–H groups in total. The lowest BCUT2D eigenvalue weighted by molar-refractivity contribution is -0.385. The van der Waals surface area contributed by atoms with E-state index in [0.29, 0.717) is 0 Å². The summed E-state index contributed by atoms with van der Waals surface area (Å²) in [7, 11) is 0. The standard InChI is InChI=1S/C13H16N2O5/c1-13(2,8-7-11(16)17)14-12(18)9-5-3-4-6-10(9)15(19)20/h3-6H,7-8H2,1-2H3,(H,14,18)(H,16,17). The van der Waals surface area contributed by atoms with Crippen molar-refractivity contribution in [2.24, 2.45) is 0 Å². The maximum Gasteiger partial charge on any atom is 0.303 e. The van der Waals surface area contributed by atoms with Gasteiger partial charge in [-0.1, -0.05) is 12.1 Å². The Hall–Kier alpha value is -2.44. The normalized spacial score (nSPS) is 10.9. The van der Waals surface area contributed by atoms with Crippen LogP contribution in [0.25, 0.3) is 0 Å². The van der Waals surface area contributed by atoms with Crippen LogP contribution in [0.1, 0.15) is 37.0 Å². The molecule has 0 saturated carbocycles. The number of hydrogen-bond donors (Lipinski definition) is 2. The van der Waals surface area contributed by atoms with Crippen molar-refractivity contribution in [2.45, 2.75) is 32.2 Å². The third-order valence-electron chi connectivity index (χ3n) is 2.76. The fraction of sp³-hybridized carbons (Fsp3) is 0.385. The van der Waals surface area contributed by atoms with Crippen LogP contribution in [0.4, 0.5) is 5.69 Å². The molecule has 0 heterocycles. The van der Waals surface area contributed by atoms with E-state index in [4.69, 9.17) is 5.11 Å². The number of carbonyl (C=O) groups excluding carboxylic acids is 1. The van der Waals surface area contributed by atoms with E-state index >= 15 is 0 Å². The van der Waals surface area contributed by atoms with Gasteiger partial charge in [0.15, 0.2) is 0 Å². The molecule has 1 aromatic rings. The summed E-state index contributed by atoms with van der Waals surface area (Å²) in [5.74, 6) is -1.55. The zero-order chi connectivity index (χ0) is 15.3. The largest absolute Gasteiger partial charge is 0.481 e. The number of amides is 1. The SMILES string of the molecule is CC(C)(CCC(=O)O)NC(=O)c1ccccc1[N+](=O)[O-]. The van der Waals surface area contributed by atoms with Gasteiger partial charge in [-0.2, -0.15) is 0 Å². The summed E-state index contributed by atoms with van der Waals surface area (Å²) in [5, 5.41) is 22.1. The third kappa shape index (κ3) is 4.34. The Labute approximate surface area is 115 Å². The van der Waals surface area contributed by atoms with E-state index in [1.807, 2.05) is 0 Å². The lowest BCUT2D eigenvalue weighted by Gasteiger charge is -2.25. The number of para-hydroxylation sites is 1. The molecular formula is C13H16N2O5. The van der Waals surface area contributed by atoms with E-state index in [-0.39, 0.29) is 24.1 Å². The quantitative estimate of drug-likeness (QED) is 0.611. The lowest BCUT2D eigenvalue weighted by atomic mass is 9.97. The first kappa shape index (κ1) is 15.6. The number of benzene rings is 1. The van der Waals surface area contributed by atoms with Gasteiger partial charge in [0, 0.05) is 18.0 Å². The molecule has 1 aromatic carbocycles. The maximum atomic E-state index is 12.1. The Balaban J connectivity index is 2.86. The van der Waals surface area contributed by atoms with Crippen molar-refractivity contribution in [3.8, 4) is 0 Å². The molecule has 20 heavy (non-hydrogen) atoms. The Bertz CT molecular complexity index is 539. The van der Waals surface area contributed by atoms with Gasteiger partial charge in [-0.05, 0) is 26.3 Å². The highest BCUT2D eigenvalue weighted by atomic mass is 16.6. The van der Waals surface area contributed by atoms with Crippen LogP contribution in [0, 0.1) is 10.1 Å². The molecule has 0 unspecified atom stereocenters. The van der Waals surface area contributed by atoms with Crippen LogP contribution in [-0.4, -0.2) is 27.4 Å². The molecule has 0 radical (unpaired) electrons. The summed E-state index contributed by atoms with van der Waals surface area (Å²) < 4.78 is 0. The van der Waals surface area contributed by atoms with Crippen molar-refractivity contribution in [1.29, 1.82) is 0 Å². The van der Waals surface area contributed by atoms with Crippen LogP contribution >= 0.6 is 0 Å². The van der Waals surface area contributed by atoms with Gasteiger partial charge >= 0.3 is 5.97 Å². The smallest absolute Gasteiger partial charge is 0.303 e. The van der Waals surface area contributed by atoms with Crippen molar-refractivity contribution in [2.75, 3.05) is 0 Å². The second-order valence-electron chi connectivity index (χ2n) is 5.01. The first-order chi connectivity index (χ1) is 9.23. The molecule has 1 amide bonds. The summed E-state index contributed by atoms with van der Waals surface area (Å²) in [6.45, 7) is 3.34. The molecule has 108 valence electrons. The van der Waals surface area contributed by atoms with Gasteiger partial charge in [0.05, 0.1) is 4.92 Å². The average molecular weight is 280 g/mol. The van der Waals surface area contributed by atoms with Crippen LogP contribution in [0.5, 0.6) is 0 Å². The molecule has 0 fully saturated rings. The van der Waals surface area contributed by atoms with Gasteiger partial charge in [0.1, 0.15) is 5.56 Å². The number of rotatable bonds is 6. The molecule has 7 heteroatoms. The minimum atomic E-state index is -0.960. The number of aliphatic carboxylic acids is 1. The van der Waals surface area contributed by atoms with E-state index in [1.165, 1.54) is 24.3 Å². The summed E-state index contributed by atoms with van der Waals surface area (Å²) in [6.07, 6.45) is 0.138. The molecule has 0 aliphatic carbocycles. The number of nitro groups is 1. The van der Waals surface area contributed by atoms with Crippen molar-refractivity contribution in [1.82, 2.24) is 5.32 Å². The van der Waals surface area contributed by atoms with Crippen LogP contribution in [0.15, 0.2) is 24.3 Å². The maximum absolute atomic E-state index is 12.1. The summed E-state index contributed by atoms with van der Waals surface area (Å²) in [6, 6.07) is 5.62. The molecule has 0 atom stereocenters. The van der Waals surface area contributed by atoms with E-state index in [1.54, 1.807) is 13.8 Å². The van der Waals surface area contributed by atoms with E-state index in [2.05, 4.69) is 5.32 Å². The van der Waals surface area contributed by atoms with Crippen LogP contribution in [-0.2, 0) is 4.79 Å². The highest BCUT2D eigenvalue weighted by Gasteiger charge is 2.26. The Morgan fingerprint density at radius 1 is 1.35 bits per heavy atom. The minimum Gasteiger partial charge on any atom is -0.481 e. The summed E-state index contributed by atoms with van der Waals surface area (Å²) in [5.41, 5.74) is -1.08.